The molecule has 19 heavy (non-hydrogen) atoms. The van der Waals surface area contributed by atoms with E-state index >= 15 is 0 Å². The quantitative estimate of drug-likeness (QED) is 0.892. The van der Waals surface area contributed by atoms with Gasteiger partial charge < -0.3 is 5.32 Å². The molecule has 1 aromatic carbocycles. The van der Waals surface area contributed by atoms with Gasteiger partial charge in [-0.05, 0) is 38.1 Å². The second-order valence-corrected chi connectivity index (χ2v) is 4.31. The molecule has 0 saturated heterocycles. The zero-order valence-corrected chi connectivity index (χ0v) is 11.1. The highest BCUT2D eigenvalue weighted by atomic mass is 16.1. The van der Waals surface area contributed by atoms with E-state index in [2.05, 4.69) is 10.4 Å². The van der Waals surface area contributed by atoms with E-state index in [1.165, 1.54) is 0 Å². The van der Waals surface area contributed by atoms with Crippen molar-refractivity contribution in [1.82, 2.24) is 9.78 Å². The Bertz CT molecular complexity index is 662. The third kappa shape index (κ3) is 2.47. The molecule has 2 aromatic rings. The maximum atomic E-state index is 12.1. The molecule has 5 nitrogen and oxygen atoms in total. The molecule has 5 heteroatoms. The van der Waals surface area contributed by atoms with Crippen LogP contribution in [0.2, 0.25) is 0 Å². The number of hydrogen-bond acceptors (Lipinski definition) is 3. The lowest BCUT2D eigenvalue weighted by Gasteiger charge is -2.05. The summed E-state index contributed by atoms with van der Waals surface area (Å²) >= 11 is 0. The highest BCUT2D eigenvalue weighted by molar-refractivity contribution is 6.04. The van der Waals surface area contributed by atoms with Crippen molar-refractivity contribution in [2.45, 2.75) is 13.8 Å². The minimum absolute atomic E-state index is 0.205. The maximum absolute atomic E-state index is 12.1. The molecule has 1 amide bonds. The van der Waals surface area contributed by atoms with Gasteiger partial charge in [-0.3, -0.25) is 9.48 Å². The lowest BCUT2D eigenvalue weighted by molar-refractivity contribution is 0.102. The van der Waals surface area contributed by atoms with Crippen LogP contribution in [0, 0.1) is 25.2 Å². The van der Waals surface area contributed by atoms with Gasteiger partial charge in [-0.1, -0.05) is 0 Å². The third-order valence-corrected chi connectivity index (χ3v) is 3.02. The van der Waals surface area contributed by atoms with Gasteiger partial charge in [-0.2, -0.15) is 10.4 Å². The van der Waals surface area contributed by atoms with E-state index in [0.717, 1.165) is 17.1 Å². The summed E-state index contributed by atoms with van der Waals surface area (Å²) in [6.07, 6.45) is 0. The Labute approximate surface area is 111 Å². The minimum Gasteiger partial charge on any atom is -0.319 e. The van der Waals surface area contributed by atoms with Gasteiger partial charge in [0.25, 0.3) is 5.91 Å². The molecule has 0 saturated carbocycles. The molecular weight excluding hydrogens is 240 g/mol. The highest BCUT2D eigenvalue weighted by Gasteiger charge is 2.13. The summed E-state index contributed by atoms with van der Waals surface area (Å²) in [5.74, 6) is -0.205. The van der Waals surface area contributed by atoms with E-state index in [1.54, 1.807) is 28.9 Å². The molecule has 1 N–H and O–H groups in total. The van der Waals surface area contributed by atoms with Crippen molar-refractivity contribution < 1.29 is 4.79 Å². The second kappa shape index (κ2) is 4.94. The molecule has 0 spiro atoms. The number of amides is 1. The van der Waals surface area contributed by atoms with E-state index in [9.17, 15) is 4.79 Å². The van der Waals surface area contributed by atoms with Crippen LogP contribution in [0.15, 0.2) is 24.3 Å². The van der Waals surface area contributed by atoms with E-state index in [-0.39, 0.29) is 5.91 Å². The molecule has 0 aliphatic heterocycles. The van der Waals surface area contributed by atoms with Crippen LogP contribution in [-0.4, -0.2) is 15.7 Å². The smallest absolute Gasteiger partial charge is 0.255 e. The number of nitrogens with one attached hydrogen (secondary N) is 1. The van der Waals surface area contributed by atoms with Gasteiger partial charge in [-0.15, -0.1) is 0 Å². The average molecular weight is 254 g/mol. The Morgan fingerprint density at radius 3 is 2.42 bits per heavy atom. The Morgan fingerprint density at radius 1 is 1.32 bits per heavy atom. The van der Waals surface area contributed by atoms with Crippen molar-refractivity contribution in [3.8, 4) is 6.07 Å². The highest BCUT2D eigenvalue weighted by Crippen LogP contribution is 2.19. The Morgan fingerprint density at radius 2 is 1.95 bits per heavy atom. The molecule has 96 valence electrons. The second-order valence-electron chi connectivity index (χ2n) is 4.31. The predicted molar refractivity (Wildman–Crippen MR) is 71.8 cm³/mol. The van der Waals surface area contributed by atoms with Crippen LogP contribution in [-0.2, 0) is 7.05 Å². The van der Waals surface area contributed by atoms with Crippen LogP contribution in [0.1, 0.15) is 27.3 Å². The molecule has 1 heterocycles. The number of rotatable bonds is 2. The molecule has 1 aromatic heterocycles. The van der Waals surface area contributed by atoms with Crippen molar-refractivity contribution in [3.63, 3.8) is 0 Å². The minimum atomic E-state index is -0.205. The lowest BCUT2D eigenvalue weighted by Crippen LogP contribution is -2.13. The molecule has 0 aliphatic rings. The van der Waals surface area contributed by atoms with Crippen LogP contribution in [0.3, 0.4) is 0 Å². The summed E-state index contributed by atoms with van der Waals surface area (Å²) in [4.78, 5) is 12.1. The fourth-order valence-electron chi connectivity index (χ4n) is 1.84. The van der Waals surface area contributed by atoms with Crippen molar-refractivity contribution in [2.75, 3.05) is 5.32 Å². The summed E-state index contributed by atoms with van der Waals surface area (Å²) in [6.45, 7) is 3.75. The number of carbonyl (C=O) groups excluding carboxylic acids is 1. The summed E-state index contributed by atoms with van der Waals surface area (Å²) in [5, 5.41) is 15.8. The van der Waals surface area contributed by atoms with E-state index in [0.29, 0.717) is 11.1 Å². The molecule has 2 rings (SSSR count). The summed E-state index contributed by atoms with van der Waals surface area (Å²) in [6, 6.07) is 8.53. The molecule has 0 atom stereocenters. The number of carbonyl (C=O) groups is 1. The van der Waals surface area contributed by atoms with Gasteiger partial charge in [0.2, 0.25) is 0 Å². The SMILES string of the molecule is Cc1nn(C)c(C)c1NC(=O)c1ccc(C#N)cc1. The van der Waals surface area contributed by atoms with Gasteiger partial charge in [0.1, 0.15) is 0 Å². The fourth-order valence-corrected chi connectivity index (χ4v) is 1.84. The van der Waals surface area contributed by atoms with Gasteiger partial charge in [0, 0.05) is 12.6 Å². The van der Waals surface area contributed by atoms with Crippen molar-refractivity contribution in [1.29, 1.82) is 5.26 Å². The number of aryl methyl sites for hydroxylation is 2. The summed E-state index contributed by atoms with van der Waals surface area (Å²) < 4.78 is 1.73. The van der Waals surface area contributed by atoms with Crippen LogP contribution in [0.4, 0.5) is 5.69 Å². The van der Waals surface area contributed by atoms with Crippen molar-refractivity contribution >= 4 is 11.6 Å². The molecule has 0 radical (unpaired) electrons. The van der Waals surface area contributed by atoms with E-state index < -0.39 is 0 Å². The Kier molecular flexibility index (Phi) is 3.34. The molecular formula is C14H14N4O. The monoisotopic (exact) mass is 254 g/mol. The van der Waals surface area contributed by atoms with Gasteiger partial charge >= 0.3 is 0 Å². The number of benzene rings is 1. The number of aromatic nitrogens is 2. The zero-order chi connectivity index (χ0) is 14.0. The van der Waals surface area contributed by atoms with Gasteiger partial charge in [0.15, 0.2) is 0 Å². The molecule has 0 aliphatic carbocycles. The Balaban J connectivity index is 2.23. The summed E-state index contributed by atoms with van der Waals surface area (Å²) in [5.41, 5.74) is 3.46. The van der Waals surface area contributed by atoms with E-state index in [4.69, 9.17) is 5.26 Å². The van der Waals surface area contributed by atoms with Gasteiger partial charge in [-0.25, -0.2) is 0 Å². The number of anilines is 1. The molecule has 0 fully saturated rings. The summed E-state index contributed by atoms with van der Waals surface area (Å²) in [7, 11) is 1.83. The largest absolute Gasteiger partial charge is 0.319 e. The number of nitrogens with zero attached hydrogens (tertiary/aromatic N) is 3. The third-order valence-electron chi connectivity index (χ3n) is 3.02. The normalized spacial score (nSPS) is 10.0. The lowest BCUT2D eigenvalue weighted by atomic mass is 10.1. The van der Waals surface area contributed by atoms with Crippen molar-refractivity contribution in [2.24, 2.45) is 7.05 Å². The van der Waals surface area contributed by atoms with Crippen LogP contribution in [0.5, 0.6) is 0 Å². The maximum Gasteiger partial charge on any atom is 0.255 e. The predicted octanol–water partition coefficient (Wildman–Crippen LogP) is 2.16. The van der Waals surface area contributed by atoms with Crippen LogP contribution in [0.25, 0.3) is 0 Å². The van der Waals surface area contributed by atoms with Gasteiger partial charge in [0.05, 0.1) is 28.7 Å². The first-order valence-electron chi connectivity index (χ1n) is 5.84. The number of hydrogen-bond donors (Lipinski definition) is 1. The zero-order valence-electron chi connectivity index (χ0n) is 11.1. The topological polar surface area (TPSA) is 70.7 Å². The first kappa shape index (κ1) is 12.8. The standard InChI is InChI=1S/C14H14N4O/c1-9-13(10(2)18(3)17-9)16-14(19)12-6-4-11(8-15)5-7-12/h4-7H,1-3H3,(H,16,19). The first-order valence-corrected chi connectivity index (χ1v) is 5.84. The van der Waals surface area contributed by atoms with Crippen LogP contribution >= 0.6 is 0 Å². The van der Waals surface area contributed by atoms with E-state index in [1.807, 2.05) is 27.0 Å². The fraction of sp³-hybridized carbons (Fsp3) is 0.214. The first-order chi connectivity index (χ1) is 9.02. The Hall–Kier alpha value is -2.61. The van der Waals surface area contributed by atoms with Crippen LogP contribution < -0.4 is 5.32 Å². The number of nitriles is 1. The van der Waals surface area contributed by atoms with Crippen molar-refractivity contribution in [3.05, 3.63) is 46.8 Å². The molecule has 0 unspecified atom stereocenters. The molecule has 0 bridgehead atoms. The average Bonchev–Trinajstić information content (AvgIpc) is 2.65.